The lowest BCUT2D eigenvalue weighted by atomic mass is 9.84. The van der Waals surface area contributed by atoms with E-state index in [0.29, 0.717) is 0 Å². The first-order valence-corrected chi connectivity index (χ1v) is 5.25. The SMILES string of the molecule is C/C=C/C=C1\C=C[C@H]2NCCC[C@@]12O. The Balaban J connectivity index is 2.25. The second-order valence-electron chi connectivity index (χ2n) is 3.97. The van der Waals surface area contributed by atoms with Crippen molar-refractivity contribution in [1.29, 1.82) is 0 Å². The standard InChI is InChI=1S/C12H17NO/c1-2-3-5-10-6-7-11-12(10,14)8-4-9-13-11/h2-3,5-7,11,13-14H,4,8-9H2,1H3/b3-2+,10-5+/t11-,12-/m1/s1. The molecule has 1 heterocycles. The van der Waals surface area contributed by atoms with E-state index in [9.17, 15) is 5.11 Å². The van der Waals surface area contributed by atoms with Crippen molar-refractivity contribution in [2.24, 2.45) is 0 Å². The maximum absolute atomic E-state index is 10.5. The normalized spacial score (nSPS) is 39.6. The molecule has 0 bridgehead atoms. The summed E-state index contributed by atoms with van der Waals surface area (Å²) in [7, 11) is 0. The van der Waals surface area contributed by atoms with Crippen LogP contribution in [0.1, 0.15) is 19.8 Å². The second kappa shape index (κ2) is 3.71. The third kappa shape index (κ3) is 1.45. The van der Waals surface area contributed by atoms with Crippen LogP contribution >= 0.6 is 0 Å². The predicted octanol–water partition coefficient (Wildman–Crippen LogP) is 1.54. The molecule has 0 aromatic carbocycles. The topological polar surface area (TPSA) is 32.3 Å². The van der Waals surface area contributed by atoms with Crippen molar-refractivity contribution in [1.82, 2.24) is 5.32 Å². The molecule has 0 amide bonds. The zero-order valence-corrected chi connectivity index (χ0v) is 8.53. The monoisotopic (exact) mass is 191 g/mol. The summed E-state index contributed by atoms with van der Waals surface area (Å²) in [5.41, 5.74) is 0.380. The van der Waals surface area contributed by atoms with E-state index < -0.39 is 5.60 Å². The molecule has 0 radical (unpaired) electrons. The van der Waals surface area contributed by atoms with Crippen LogP contribution in [0, 0.1) is 0 Å². The summed E-state index contributed by atoms with van der Waals surface area (Å²) in [4.78, 5) is 0. The smallest absolute Gasteiger partial charge is 0.108 e. The maximum Gasteiger partial charge on any atom is 0.108 e. The van der Waals surface area contributed by atoms with Gasteiger partial charge >= 0.3 is 0 Å². The molecule has 2 aliphatic rings. The first kappa shape index (κ1) is 9.69. The third-order valence-corrected chi connectivity index (χ3v) is 3.05. The second-order valence-corrected chi connectivity index (χ2v) is 3.97. The first-order chi connectivity index (χ1) is 6.77. The van der Waals surface area contributed by atoms with Crippen LogP contribution in [0.2, 0.25) is 0 Å². The molecule has 1 aliphatic carbocycles. The van der Waals surface area contributed by atoms with Crippen molar-refractivity contribution in [3.63, 3.8) is 0 Å². The average molecular weight is 191 g/mol. The lowest BCUT2D eigenvalue weighted by Gasteiger charge is -2.36. The number of rotatable bonds is 1. The molecule has 2 rings (SSSR count). The molecule has 0 aromatic rings. The lowest BCUT2D eigenvalue weighted by molar-refractivity contribution is 0.0361. The summed E-state index contributed by atoms with van der Waals surface area (Å²) in [5.74, 6) is 0. The molecule has 2 atom stereocenters. The fraction of sp³-hybridized carbons (Fsp3) is 0.500. The van der Waals surface area contributed by atoms with Crippen molar-refractivity contribution in [3.05, 3.63) is 36.0 Å². The fourth-order valence-corrected chi connectivity index (χ4v) is 2.23. The molecule has 0 saturated carbocycles. The number of nitrogens with one attached hydrogen (secondary N) is 1. The number of fused-ring (bicyclic) bond motifs is 1. The minimum absolute atomic E-state index is 0.118. The molecule has 0 aromatic heterocycles. The molecule has 14 heavy (non-hydrogen) atoms. The van der Waals surface area contributed by atoms with Crippen LogP contribution in [0.15, 0.2) is 36.0 Å². The highest BCUT2D eigenvalue weighted by molar-refractivity contribution is 5.43. The summed E-state index contributed by atoms with van der Waals surface area (Å²) in [6, 6.07) is 0.118. The Labute approximate surface area is 85.0 Å². The Morgan fingerprint density at radius 3 is 3.29 bits per heavy atom. The van der Waals surface area contributed by atoms with Crippen molar-refractivity contribution < 1.29 is 5.11 Å². The Morgan fingerprint density at radius 1 is 1.64 bits per heavy atom. The van der Waals surface area contributed by atoms with Gasteiger partial charge in [0.15, 0.2) is 0 Å². The van der Waals surface area contributed by atoms with Gasteiger partial charge in [0, 0.05) is 0 Å². The van der Waals surface area contributed by atoms with E-state index in [1.54, 1.807) is 0 Å². The van der Waals surface area contributed by atoms with Gasteiger partial charge in [0.05, 0.1) is 6.04 Å². The maximum atomic E-state index is 10.5. The fourth-order valence-electron chi connectivity index (χ4n) is 2.23. The van der Waals surface area contributed by atoms with Crippen molar-refractivity contribution in [3.8, 4) is 0 Å². The van der Waals surface area contributed by atoms with Crippen LogP contribution in [0.5, 0.6) is 0 Å². The predicted molar refractivity (Wildman–Crippen MR) is 58.0 cm³/mol. The molecule has 76 valence electrons. The first-order valence-electron chi connectivity index (χ1n) is 5.25. The van der Waals surface area contributed by atoms with E-state index in [1.165, 1.54) is 0 Å². The van der Waals surface area contributed by atoms with Gasteiger partial charge < -0.3 is 10.4 Å². The average Bonchev–Trinajstić information content (AvgIpc) is 2.52. The van der Waals surface area contributed by atoms with Crippen LogP contribution < -0.4 is 5.32 Å². The molecule has 1 aliphatic heterocycles. The van der Waals surface area contributed by atoms with E-state index in [2.05, 4.69) is 11.4 Å². The van der Waals surface area contributed by atoms with Gasteiger partial charge in [-0.2, -0.15) is 0 Å². The zero-order chi connectivity index (χ0) is 10.0. The number of hydrogen-bond donors (Lipinski definition) is 2. The van der Waals surface area contributed by atoms with Gasteiger partial charge in [-0.25, -0.2) is 0 Å². The minimum Gasteiger partial charge on any atom is -0.383 e. The highest BCUT2D eigenvalue weighted by atomic mass is 16.3. The molecule has 1 fully saturated rings. The Bertz CT molecular complexity index is 303. The van der Waals surface area contributed by atoms with Crippen LogP contribution in [0.25, 0.3) is 0 Å². The van der Waals surface area contributed by atoms with E-state index in [-0.39, 0.29) is 6.04 Å². The van der Waals surface area contributed by atoms with Crippen molar-refractivity contribution >= 4 is 0 Å². The molecule has 1 saturated heterocycles. The Kier molecular flexibility index (Phi) is 2.57. The highest BCUT2D eigenvalue weighted by Crippen LogP contribution is 2.35. The van der Waals surface area contributed by atoms with Gasteiger partial charge in [-0.15, -0.1) is 0 Å². The number of aliphatic hydroxyl groups is 1. The molecular formula is C12H17NO. The van der Waals surface area contributed by atoms with Gasteiger partial charge in [0.1, 0.15) is 5.60 Å². The highest BCUT2D eigenvalue weighted by Gasteiger charge is 2.42. The number of allylic oxidation sites excluding steroid dienone is 3. The van der Waals surface area contributed by atoms with Crippen molar-refractivity contribution in [2.75, 3.05) is 6.54 Å². The Hall–Kier alpha value is -0.860. The molecule has 0 unspecified atom stereocenters. The molecule has 0 spiro atoms. The van der Waals surface area contributed by atoms with Gasteiger partial charge in [0.25, 0.3) is 0 Å². The number of hydrogen-bond acceptors (Lipinski definition) is 2. The number of piperidine rings is 1. The van der Waals surface area contributed by atoms with E-state index >= 15 is 0 Å². The van der Waals surface area contributed by atoms with Crippen LogP contribution in [0.3, 0.4) is 0 Å². The van der Waals surface area contributed by atoms with Gasteiger partial charge in [-0.05, 0) is 31.9 Å². The van der Waals surface area contributed by atoms with E-state index in [4.69, 9.17) is 0 Å². The molecule has 2 N–H and O–H groups in total. The van der Waals surface area contributed by atoms with Gasteiger partial charge in [-0.1, -0.05) is 30.4 Å². The van der Waals surface area contributed by atoms with Gasteiger partial charge in [0.2, 0.25) is 0 Å². The Morgan fingerprint density at radius 2 is 2.50 bits per heavy atom. The van der Waals surface area contributed by atoms with E-state index in [0.717, 1.165) is 25.0 Å². The van der Waals surface area contributed by atoms with Crippen LogP contribution in [-0.4, -0.2) is 23.3 Å². The van der Waals surface area contributed by atoms with Crippen molar-refractivity contribution in [2.45, 2.75) is 31.4 Å². The van der Waals surface area contributed by atoms with Crippen LogP contribution in [-0.2, 0) is 0 Å². The van der Waals surface area contributed by atoms with E-state index in [1.807, 2.05) is 31.2 Å². The lowest BCUT2D eigenvalue weighted by Crippen LogP contribution is -2.52. The molecular weight excluding hydrogens is 174 g/mol. The van der Waals surface area contributed by atoms with Crippen LogP contribution in [0.4, 0.5) is 0 Å². The summed E-state index contributed by atoms with van der Waals surface area (Å²) in [6.07, 6.45) is 12.0. The third-order valence-electron chi connectivity index (χ3n) is 3.05. The molecule has 2 nitrogen and oxygen atoms in total. The summed E-state index contributed by atoms with van der Waals surface area (Å²) < 4.78 is 0. The minimum atomic E-state index is -0.655. The summed E-state index contributed by atoms with van der Waals surface area (Å²) >= 11 is 0. The molecule has 2 heteroatoms. The summed E-state index contributed by atoms with van der Waals surface area (Å²) in [6.45, 7) is 2.99. The summed E-state index contributed by atoms with van der Waals surface area (Å²) in [5, 5.41) is 13.8. The zero-order valence-electron chi connectivity index (χ0n) is 8.53. The quantitative estimate of drug-likeness (QED) is 0.659. The van der Waals surface area contributed by atoms with Gasteiger partial charge in [-0.3, -0.25) is 0 Å². The largest absolute Gasteiger partial charge is 0.383 e.